The molecule has 2 fully saturated rings. The van der Waals surface area contributed by atoms with Crippen LogP contribution >= 0.6 is 34.8 Å². The topological polar surface area (TPSA) is 198 Å². The minimum Gasteiger partial charge on any atom is -0.394 e. The van der Waals surface area contributed by atoms with Crippen LogP contribution in [0.4, 0.5) is 11.6 Å². The van der Waals surface area contributed by atoms with E-state index in [4.69, 9.17) is 28.0 Å². The molecule has 49 heavy (non-hydrogen) atoms. The van der Waals surface area contributed by atoms with E-state index < -0.39 is 24.7 Å². The zero-order valence-corrected chi connectivity index (χ0v) is 32.1. The lowest BCUT2D eigenvalue weighted by atomic mass is 10.1. The van der Waals surface area contributed by atoms with E-state index >= 15 is 0 Å². The van der Waals surface area contributed by atoms with Gasteiger partial charge in [0.05, 0.1) is 25.9 Å². The molecule has 2 aliphatic heterocycles. The van der Waals surface area contributed by atoms with Crippen LogP contribution in [0, 0.1) is 0 Å². The highest BCUT2D eigenvalue weighted by Crippen LogP contribution is 2.41. The Morgan fingerprint density at radius 1 is 0.776 bits per heavy atom. The molecule has 4 aromatic rings. The van der Waals surface area contributed by atoms with Gasteiger partial charge in [-0.15, -0.1) is 0 Å². The average Bonchev–Trinajstić information content (AvgIpc) is 3.89. The van der Waals surface area contributed by atoms with Crippen molar-refractivity contribution in [3.05, 3.63) is 25.3 Å². The zero-order chi connectivity index (χ0) is 35.1. The van der Waals surface area contributed by atoms with Crippen molar-refractivity contribution in [3.63, 3.8) is 0 Å². The summed E-state index contributed by atoms with van der Waals surface area (Å²) in [6.45, 7) is 4.53. The number of ether oxygens (including phenoxy) is 4. The molecule has 0 aromatic carbocycles. The van der Waals surface area contributed by atoms with Crippen molar-refractivity contribution >= 4 is 68.8 Å². The first-order chi connectivity index (χ1) is 23.9. The van der Waals surface area contributed by atoms with Crippen molar-refractivity contribution in [1.82, 2.24) is 39.0 Å². The Hall–Kier alpha value is -1.90. The van der Waals surface area contributed by atoms with Crippen molar-refractivity contribution in [1.29, 1.82) is 0 Å². The number of aromatic nitrogens is 8. The summed E-state index contributed by atoms with van der Waals surface area (Å²) in [7, 11) is 11.1. The lowest BCUT2D eigenvalue weighted by Crippen LogP contribution is -2.36. The summed E-state index contributed by atoms with van der Waals surface area (Å²) in [5.74, 6) is 1.37. The largest absolute Gasteiger partial charge is 0.394 e. The van der Waals surface area contributed by atoms with Crippen molar-refractivity contribution in [3.8, 4) is 0 Å². The summed E-state index contributed by atoms with van der Waals surface area (Å²) < 4.78 is 39.0. The maximum Gasteiger partial charge on any atom is 0.167 e. The highest BCUT2D eigenvalue weighted by molar-refractivity contribution is 8.00. The van der Waals surface area contributed by atoms with Crippen molar-refractivity contribution in [2.75, 3.05) is 57.8 Å². The molecule has 0 amide bonds. The molecule has 18 nitrogen and oxygen atoms in total. The molecule has 6 heterocycles. The molecule has 0 bridgehead atoms. The van der Waals surface area contributed by atoms with Gasteiger partial charge in [0.2, 0.25) is 0 Å². The summed E-state index contributed by atoms with van der Waals surface area (Å²) in [5, 5.41) is 22.3. The molecule has 0 aliphatic carbocycles. The van der Waals surface area contributed by atoms with Crippen LogP contribution in [0.3, 0.4) is 0 Å². The van der Waals surface area contributed by atoms with Gasteiger partial charge in [0.25, 0.3) is 0 Å². The van der Waals surface area contributed by atoms with Crippen LogP contribution in [0.15, 0.2) is 25.3 Å². The van der Waals surface area contributed by atoms with Gasteiger partial charge in [-0.2, -0.15) is 0 Å². The first-order valence-corrected chi connectivity index (χ1v) is 21.0. The van der Waals surface area contributed by atoms with E-state index in [0.717, 1.165) is 5.82 Å². The van der Waals surface area contributed by atoms with E-state index in [2.05, 4.69) is 53.1 Å². The Morgan fingerprint density at radius 2 is 1.27 bits per heavy atom. The third kappa shape index (κ3) is 7.96. The number of rotatable bonds is 14. The number of nitrogens with zero attached hydrogens (tertiary/aromatic N) is 9. The zero-order valence-electron chi connectivity index (χ0n) is 27.8. The highest BCUT2D eigenvalue weighted by Gasteiger charge is 2.48. The fourth-order valence-corrected chi connectivity index (χ4v) is 7.69. The van der Waals surface area contributed by atoms with Crippen LogP contribution < -0.4 is 10.2 Å². The van der Waals surface area contributed by atoms with Gasteiger partial charge in [0.1, 0.15) is 54.8 Å². The Bertz CT molecular complexity index is 1640. The Labute approximate surface area is 291 Å². The van der Waals surface area contributed by atoms with Gasteiger partial charge in [0, 0.05) is 51.3 Å². The van der Waals surface area contributed by atoms with Crippen LogP contribution in [0.5, 0.6) is 0 Å². The molecule has 2 aliphatic rings. The number of aliphatic hydroxyl groups excluding tert-OH is 2. The molecule has 0 radical (unpaired) electrons. The number of nitrogens with one attached hydrogen (secondary N) is 1. The number of imidazole rings is 2. The molecular formula is C27H44N10O8P4. The third-order valence-electron chi connectivity index (χ3n) is 7.96. The molecule has 270 valence electrons. The van der Waals surface area contributed by atoms with E-state index in [0.29, 0.717) is 41.4 Å². The van der Waals surface area contributed by atoms with Gasteiger partial charge >= 0.3 is 0 Å². The first-order valence-electron chi connectivity index (χ1n) is 15.6. The van der Waals surface area contributed by atoms with E-state index in [1.54, 1.807) is 24.3 Å². The average molecular weight is 761 g/mol. The fraction of sp³-hybridized carbons (Fsp3) is 0.630. The highest BCUT2D eigenvalue weighted by atomic mass is 32.0. The van der Waals surface area contributed by atoms with Crippen molar-refractivity contribution in [2.45, 2.75) is 62.9 Å². The monoisotopic (exact) mass is 760 g/mol. The van der Waals surface area contributed by atoms with Gasteiger partial charge in [-0.3, -0.25) is 9.13 Å². The minimum atomic E-state index is -0.489. The van der Waals surface area contributed by atoms with E-state index in [-0.39, 0.29) is 54.6 Å². The molecular weight excluding hydrogens is 716 g/mol. The summed E-state index contributed by atoms with van der Waals surface area (Å²) in [5.41, 5.74) is 2.62. The second kappa shape index (κ2) is 18.0. The van der Waals surface area contributed by atoms with Gasteiger partial charge in [0.15, 0.2) is 40.9 Å². The quantitative estimate of drug-likeness (QED) is 0.157. The molecule has 12 atom stereocenters. The van der Waals surface area contributed by atoms with Gasteiger partial charge in [-0.05, 0) is 13.8 Å². The fourth-order valence-electron chi connectivity index (χ4n) is 5.93. The van der Waals surface area contributed by atoms with Crippen molar-refractivity contribution < 1.29 is 38.2 Å². The first kappa shape index (κ1) is 38.3. The standard InChI is InChI=1S/C14H23N5O4P2.C13H21N5O4P2/c1-4-21-10-8(5-20)22-14(11(10)23-25-24)19-7-17-9-12(18(2)3)15-6-16-13(9)19;1-3-20-9-7(4-19)21-13(10(9)22-24-23)18-6-17-8-11(14-2)15-5-16-12(8)18/h6-8,10-11,14,20,25H,4-5,24H2,1-3H3;5-7,9-10,13,19,24H,3-4,23H2,1-2H3,(H,14,15,16)/t8-,10+,11?,14-;7-,9+,10?,13-/m11/s1. The SMILES string of the molecule is CCO[C@@H]1C(OPP)[C@H](n2cnc3c(N(C)C)ncnc32)O[C@@H]1CO.CCO[C@@H]1C(OPP)[C@H](n2cnc3c(NC)ncnc32)O[C@@H]1CO. The summed E-state index contributed by atoms with van der Waals surface area (Å²) in [6.07, 6.45) is 2.91. The number of aliphatic hydroxyl groups is 2. The Morgan fingerprint density at radius 3 is 1.71 bits per heavy atom. The van der Waals surface area contributed by atoms with Gasteiger partial charge in [-0.1, -0.05) is 17.9 Å². The van der Waals surface area contributed by atoms with E-state index in [1.165, 1.54) is 12.7 Å². The van der Waals surface area contributed by atoms with Crippen LogP contribution in [0.25, 0.3) is 22.3 Å². The van der Waals surface area contributed by atoms with E-state index in [9.17, 15) is 10.2 Å². The predicted molar refractivity (Wildman–Crippen MR) is 193 cm³/mol. The smallest absolute Gasteiger partial charge is 0.167 e. The van der Waals surface area contributed by atoms with E-state index in [1.807, 2.05) is 37.4 Å². The lowest BCUT2D eigenvalue weighted by Gasteiger charge is -2.23. The normalized spacial score (nSPS) is 27.2. The summed E-state index contributed by atoms with van der Waals surface area (Å²) in [4.78, 5) is 27.8. The molecule has 3 N–H and O–H groups in total. The maximum atomic E-state index is 9.67. The van der Waals surface area contributed by atoms with Crippen LogP contribution in [0.2, 0.25) is 0 Å². The minimum absolute atomic E-state index is 0.147. The maximum absolute atomic E-state index is 9.67. The molecule has 0 saturated carbocycles. The molecule has 6 unspecified atom stereocenters. The molecule has 4 aromatic heterocycles. The predicted octanol–water partition coefficient (Wildman–Crippen LogP) is 1.89. The second-order valence-corrected chi connectivity index (χ2v) is 13.3. The number of hydrogen-bond donors (Lipinski definition) is 3. The third-order valence-corrected chi connectivity index (χ3v) is 9.60. The Kier molecular flexibility index (Phi) is 14.1. The van der Waals surface area contributed by atoms with Crippen LogP contribution in [0.1, 0.15) is 26.3 Å². The number of hydrogen-bond acceptors (Lipinski definition) is 16. The molecule has 2 saturated heterocycles. The van der Waals surface area contributed by atoms with Crippen LogP contribution in [-0.2, 0) is 28.0 Å². The van der Waals surface area contributed by atoms with Gasteiger partial charge < -0.3 is 48.4 Å². The summed E-state index contributed by atoms with van der Waals surface area (Å²) >= 11 is 0. The number of anilines is 2. The number of fused-ring (bicyclic) bond motifs is 2. The molecule has 6 rings (SSSR count). The Balaban J connectivity index is 0.000000191. The molecule has 0 spiro atoms. The lowest BCUT2D eigenvalue weighted by molar-refractivity contribution is -0.0584. The van der Waals surface area contributed by atoms with Crippen molar-refractivity contribution in [2.24, 2.45) is 0 Å². The summed E-state index contributed by atoms with van der Waals surface area (Å²) in [6, 6.07) is 0. The molecule has 22 heteroatoms. The van der Waals surface area contributed by atoms with Gasteiger partial charge in [-0.25, -0.2) is 29.9 Å². The second-order valence-electron chi connectivity index (χ2n) is 10.9. The van der Waals surface area contributed by atoms with Crippen LogP contribution in [-0.4, -0.2) is 133 Å².